The zero-order chi connectivity index (χ0) is 18.2. The second-order valence-electron chi connectivity index (χ2n) is 6.56. The molecule has 3 atom stereocenters. The van der Waals surface area contributed by atoms with Crippen molar-refractivity contribution in [3.8, 4) is 0 Å². The van der Waals surface area contributed by atoms with Crippen molar-refractivity contribution in [3.05, 3.63) is 34.9 Å². The minimum atomic E-state index is -3.05. The van der Waals surface area contributed by atoms with Crippen LogP contribution >= 0.6 is 23.4 Å². The van der Waals surface area contributed by atoms with E-state index < -0.39 is 9.84 Å². The van der Waals surface area contributed by atoms with E-state index in [-0.39, 0.29) is 34.6 Å². The third kappa shape index (κ3) is 4.04. The van der Waals surface area contributed by atoms with Gasteiger partial charge in [-0.1, -0.05) is 55.4 Å². The van der Waals surface area contributed by atoms with Crippen molar-refractivity contribution in [2.24, 2.45) is 10.9 Å². The van der Waals surface area contributed by atoms with Gasteiger partial charge >= 0.3 is 0 Å². The lowest BCUT2D eigenvalue weighted by Crippen LogP contribution is -2.37. The fourth-order valence-corrected chi connectivity index (χ4v) is 7.16. The summed E-state index contributed by atoms with van der Waals surface area (Å²) in [4.78, 5) is 18.5. The van der Waals surface area contributed by atoms with Crippen molar-refractivity contribution in [3.63, 3.8) is 0 Å². The number of rotatable bonds is 4. The van der Waals surface area contributed by atoms with Crippen LogP contribution in [0.5, 0.6) is 0 Å². The number of carbonyl (C=O) groups excluding carboxylic acids is 1. The number of benzene rings is 1. The molecule has 2 heterocycles. The normalized spacial score (nSPS) is 27.5. The second kappa shape index (κ2) is 7.29. The number of carbonyl (C=O) groups is 1. The number of hydrogen-bond acceptors (Lipinski definition) is 4. The van der Waals surface area contributed by atoms with Gasteiger partial charge in [0.2, 0.25) is 0 Å². The van der Waals surface area contributed by atoms with Gasteiger partial charge in [0.15, 0.2) is 15.0 Å². The predicted octanol–water partition coefficient (Wildman–Crippen LogP) is 2.98. The van der Waals surface area contributed by atoms with Crippen LogP contribution in [0.2, 0.25) is 5.02 Å². The first-order chi connectivity index (χ1) is 11.8. The lowest BCUT2D eigenvalue weighted by Gasteiger charge is -2.25. The van der Waals surface area contributed by atoms with E-state index in [9.17, 15) is 13.2 Å². The van der Waals surface area contributed by atoms with E-state index in [1.807, 2.05) is 43.0 Å². The van der Waals surface area contributed by atoms with Gasteiger partial charge in [-0.15, -0.1) is 0 Å². The maximum atomic E-state index is 12.3. The van der Waals surface area contributed by atoms with E-state index >= 15 is 0 Å². The fourth-order valence-electron chi connectivity index (χ4n) is 3.01. The number of halogens is 1. The fraction of sp³-hybridized carbons (Fsp3) is 0.529. The molecule has 2 fully saturated rings. The second-order valence-corrected chi connectivity index (χ2v) is 10.3. The number of sulfone groups is 1. The average Bonchev–Trinajstić information content (AvgIpc) is 3.01. The average molecular weight is 401 g/mol. The van der Waals surface area contributed by atoms with Gasteiger partial charge in [-0.05, 0) is 18.1 Å². The molecule has 0 aromatic heterocycles. The summed E-state index contributed by atoms with van der Waals surface area (Å²) in [6.07, 6.45) is 0.728. The van der Waals surface area contributed by atoms with Crippen molar-refractivity contribution in [2.45, 2.75) is 38.1 Å². The summed E-state index contributed by atoms with van der Waals surface area (Å²) < 4.78 is 24.0. The number of nitrogens with zero attached hydrogens (tertiary/aromatic N) is 2. The van der Waals surface area contributed by atoms with Crippen LogP contribution in [0.3, 0.4) is 0 Å². The van der Waals surface area contributed by atoms with E-state index in [1.54, 1.807) is 0 Å². The largest absolute Gasteiger partial charge is 0.342 e. The summed E-state index contributed by atoms with van der Waals surface area (Å²) in [5.74, 6) is -0.0553. The van der Waals surface area contributed by atoms with Gasteiger partial charge in [-0.3, -0.25) is 4.79 Å². The quantitative estimate of drug-likeness (QED) is 0.777. The van der Waals surface area contributed by atoms with Crippen LogP contribution in [-0.4, -0.2) is 47.2 Å². The van der Waals surface area contributed by atoms with Crippen LogP contribution < -0.4 is 0 Å². The monoisotopic (exact) mass is 400 g/mol. The molecule has 136 valence electrons. The molecule has 0 radical (unpaired) electrons. The molecule has 2 saturated heterocycles. The van der Waals surface area contributed by atoms with Crippen LogP contribution in [0.15, 0.2) is 29.3 Å². The Balaban J connectivity index is 1.91. The van der Waals surface area contributed by atoms with E-state index in [2.05, 4.69) is 4.99 Å². The van der Waals surface area contributed by atoms with Crippen LogP contribution in [-0.2, 0) is 21.2 Å². The first-order valence-corrected chi connectivity index (χ1v) is 11.4. The molecule has 2 aliphatic rings. The molecule has 3 unspecified atom stereocenters. The number of fused-ring (bicyclic) bond motifs is 1. The van der Waals surface area contributed by atoms with Gasteiger partial charge in [-0.25, -0.2) is 8.42 Å². The Morgan fingerprint density at radius 1 is 1.40 bits per heavy atom. The molecule has 25 heavy (non-hydrogen) atoms. The Morgan fingerprint density at radius 2 is 2.12 bits per heavy atom. The van der Waals surface area contributed by atoms with Crippen molar-refractivity contribution in [1.29, 1.82) is 0 Å². The molecule has 8 heteroatoms. The van der Waals surface area contributed by atoms with E-state index in [0.717, 1.165) is 12.0 Å². The number of hydrogen-bond donors (Lipinski definition) is 0. The Bertz CT molecular complexity index is 810. The molecule has 1 aromatic rings. The third-order valence-electron chi connectivity index (χ3n) is 4.71. The predicted molar refractivity (Wildman–Crippen MR) is 103 cm³/mol. The molecule has 3 rings (SSSR count). The van der Waals surface area contributed by atoms with Crippen molar-refractivity contribution < 1.29 is 13.2 Å². The molecule has 1 amide bonds. The Hall–Kier alpha value is -1.05. The van der Waals surface area contributed by atoms with Gasteiger partial charge in [0.25, 0.3) is 5.91 Å². The zero-order valence-electron chi connectivity index (χ0n) is 14.2. The number of aliphatic imine (C=N–C) groups is 1. The van der Waals surface area contributed by atoms with Crippen LogP contribution in [0.25, 0.3) is 0 Å². The topological polar surface area (TPSA) is 66.8 Å². The van der Waals surface area contributed by atoms with E-state index in [4.69, 9.17) is 11.6 Å². The first-order valence-electron chi connectivity index (χ1n) is 8.30. The standard InChI is InChI=1S/C17H21ClN2O3S2/c1-3-11(2)16(21)19-17-20(8-12-6-4-5-7-13(12)18)14-9-25(22,23)10-15(14)24-17/h4-7,11,14-15H,3,8-10H2,1-2H3. The molecular weight excluding hydrogens is 380 g/mol. The third-order valence-corrected chi connectivity index (χ3v) is 8.33. The van der Waals surface area contributed by atoms with Gasteiger partial charge in [0.05, 0.1) is 17.5 Å². The molecule has 1 aromatic carbocycles. The number of amidine groups is 1. The summed E-state index contributed by atoms with van der Waals surface area (Å²) >= 11 is 7.68. The SMILES string of the molecule is CCC(C)C(=O)N=C1SC2CS(=O)(=O)CC2N1Cc1ccccc1Cl. The van der Waals surface area contributed by atoms with Gasteiger partial charge in [0, 0.05) is 22.7 Å². The zero-order valence-corrected chi connectivity index (χ0v) is 16.6. The number of amides is 1. The molecule has 5 nitrogen and oxygen atoms in total. The summed E-state index contributed by atoms with van der Waals surface area (Å²) in [6.45, 7) is 4.26. The summed E-state index contributed by atoms with van der Waals surface area (Å²) in [6, 6.07) is 7.32. The molecular formula is C17H21ClN2O3S2. The van der Waals surface area contributed by atoms with E-state index in [1.165, 1.54) is 11.8 Å². The van der Waals surface area contributed by atoms with Crippen LogP contribution in [0, 0.1) is 5.92 Å². The number of thioether (sulfide) groups is 1. The lowest BCUT2D eigenvalue weighted by atomic mass is 10.1. The van der Waals surface area contributed by atoms with Crippen LogP contribution in [0.1, 0.15) is 25.8 Å². The maximum absolute atomic E-state index is 12.3. The summed E-state index contributed by atoms with van der Waals surface area (Å²) in [5.41, 5.74) is 0.901. The lowest BCUT2D eigenvalue weighted by molar-refractivity contribution is -0.121. The van der Waals surface area contributed by atoms with Crippen LogP contribution in [0.4, 0.5) is 0 Å². The highest BCUT2D eigenvalue weighted by atomic mass is 35.5. The van der Waals surface area contributed by atoms with Crippen molar-refractivity contribution in [2.75, 3.05) is 11.5 Å². The smallest absolute Gasteiger partial charge is 0.250 e. The molecule has 0 N–H and O–H groups in total. The van der Waals surface area contributed by atoms with Gasteiger partial charge in [-0.2, -0.15) is 4.99 Å². The van der Waals surface area contributed by atoms with E-state index in [0.29, 0.717) is 16.7 Å². The summed E-state index contributed by atoms with van der Waals surface area (Å²) in [5, 5.41) is 1.18. The summed E-state index contributed by atoms with van der Waals surface area (Å²) in [7, 11) is -3.05. The minimum absolute atomic E-state index is 0.0732. The molecule has 0 spiro atoms. The molecule has 0 saturated carbocycles. The highest BCUT2D eigenvalue weighted by Gasteiger charge is 2.48. The Kier molecular flexibility index (Phi) is 5.46. The Labute approximate surface area is 157 Å². The van der Waals surface area contributed by atoms with Crippen molar-refractivity contribution in [1.82, 2.24) is 4.90 Å². The van der Waals surface area contributed by atoms with Gasteiger partial charge in [0.1, 0.15) is 0 Å². The maximum Gasteiger partial charge on any atom is 0.250 e. The van der Waals surface area contributed by atoms with Crippen molar-refractivity contribution >= 4 is 44.3 Å². The highest BCUT2D eigenvalue weighted by Crippen LogP contribution is 2.39. The molecule has 0 aliphatic carbocycles. The highest BCUT2D eigenvalue weighted by molar-refractivity contribution is 8.15. The van der Waals surface area contributed by atoms with Gasteiger partial charge < -0.3 is 4.90 Å². The molecule has 0 bridgehead atoms. The Morgan fingerprint density at radius 3 is 2.80 bits per heavy atom. The first kappa shape index (κ1) is 18.7. The molecule has 2 aliphatic heterocycles. The minimum Gasteiger partial charge on any atom is -0.342 e.